The number of piperidine rings is 1. The summed E-state index contributed by atoms with van der Waals surface area (Å²) >= 11 is 0. The number of para-hydroxylation sites is 1. The van der Waals surface area contributed by atoms with Crippen molar-refractivity contribution in [1.82, 2.24) is 15.3 Å². The van der Waals surface area contributed by atoms with Gasteiger partial charge in [-0.3, -0.25) is 4.79 Å². The Morgan fingerprint density at radius 1 is 1.02 bits per heavy atom. The first-order chi connectivity index (χ1) is 21.9. The van der Waals surface area contributed by atoms with E-state index in [-0.39, 0.29) is 36.6 Å². The molecule has 2 atom stereocenters. The largest absolute Gasteiger partial charge is 0.496 e. The van der Waals surface area contributed by atoms with E-state index in [9.17, 15) is 14.7 Å². The number of nitrogens with zero attached hydrogens (tertiary/aromatic N) is 3. The average molecular weight is 610 g/mol. The van der Waals surface area contributed by atoms with Crippen LogP contribution in [0.1, 0.15) is 29.5 Å². The van der Waals surface area contributed by atoms with E-state index in [1.807, 2.05) is 60.7 Å². The maximum absolute atomic E-state index is 15.7. The normalized spacial score (nSPS) is 16.9. The van der Waals surface area contributed by atoms with Crippen LogP contribution in [0.3, 0.4) is 0 Å². The molecule has 1 unspecified atom stereocenters. The number of aromatic nitrogens is 2. The van der Waals surface area contributed by atoms with Gasteiger partial charge in [-0.15, -0.1) is 0 Å². The Labute approximate surface area is 261 Å². The van der Waals surface area contributed by atoms with Gasteiger partial charge in [0.05, 0.1) is 13.0 Å². The standard InChI is InChI=1S/C35H36FN5O4/c1-45-30-11-5-4-10-28(30)23-14-12-22(13-15-23)17-29(35(43)44)40-34(42)26-9-6-16-41(20-26)33-31(36)32(37-21-38-33)39-27-18-24-7-2-3-8-25(24)19-27/h2-5,7-8,10-15,21,26-27,29H,6,9,16-20H2,1H3,(H,40,42)(H,43,44)(H,37,38,39)/t26?,29-/m0/s1. The highest BCUT2D eigenvalue weighted by Crippen LogP contribution is 2.31. The van der Waals surface area contributed by atoms with Crippen LogP contribution < -0.4 is 20.3 Å². The van der Waals surface area contributed by atoms with E-state index in [1.54, 1.807) is 12.0 Å². The first-order valence-electron chi connectivity index (χ1n) is 15.2. The summed E-state index contributed by atoms with van der Waals surface area (Å²) in [6.45, 7) is 0.765. The molecule has 1 amide bonds. The van der Waals surface area contributed by atoms with Gasteiger partial charge in [0, 0.05) is 31.1 Å². The molecule has 1 fully saturated rings. The number of amides is 1. The van der Waals surface area contributed by atoms with E-state index in [2.05, 4.69) is 32.7 Å². The van der Waals surface area contributed by atoms with Gasteiger partial charge in [-0.2, -0.15) is 4.39 Å². The van der Waals surface area contributed by atoms with Gasteiger partial charge < -0.3 is 25.4 Å². The van der Waals surface area contributed by atoms with Crippen molar-refractivity contribution >= 4 is 23.5 Å². The minimum absolute atomic E-state index is 0.0323. The number of rotatable bonds is 10. The molecule has 4 aromatic rings. The van der Waals surface area contributed by atoms with Crippen molar-refractivity contribution in [2.45, 2.75) is 44.2 Å². The molecular formula is C35H36FN5O4. The summed E-state index contributed by atoms with van der Waals surface area (Å²) in [5, 5.41) is 15.9. The van der Waals surface area contributed by atoms with Crippen LogP contribution in [0.2, 0.25) is 0 Å². The van der Waals surface area contributed by atoms with Crippen LogP contribution in [0.4, 0.5) is 16.0 Å². The maximum Gasteiger partial charge on any atom is 0.326 e. The Kier molecular flexibility index (Phi) is 8.91. The van der Waals surface area contributed by atoms with Gasteiger partial charge in [-0.1, -0.05) is 66.7 Å². The molecule has 3 N–H and O–H groups in total. The molecule has 1 aliphatic carbocycles. The fourth-order valence-corrected chi connectivity index (χ4v) is 6.35. The van der Waals surface area contributed by atoms with Gasteiger partial charge in [0.1, 0.15) is 18.1 Å². The van der Waals surface area contributed by atoms with Crippen LogP contribution >= 0.6 is 0 Å². The van der Waals surface area contributed by atoms with Crippen LogP contribution in [-0.4, -0.2) is 59.2 Å². The second-order valence-corrected chi connectivity index (χ2v) is 11.7. The Morgan fingerprint density at radius 3 is 2.44 bits per heavy atom. The number of aliphatic carboxylic acids is 1. The van der Waals surface area contributed by atoms with Gasteiger partial charge in [0.15, 0.2) is 11.6 Å². The molecule has 0 radical (unpaired) electrons. The number of carboxylic acid groups (broad SMARTS) is 1. The first-order valence-corrected chi connectivity index (χ1v) is 15.2. The summed E-state index contributed by atoms with van der Waals surface area (Å²) in [7, 11) is 1.62. The lowest BCUT2D eigenvalue weighted by molar-refractivity contribution is -0.142. The van der Waals surface area contributed by atoms with Crippen LogP contribution in [0.25, 0.3) is 11.1 Å². The smallest absolute Gasteiger partial charge is 0.326 e. The van der Waals surface area contributed by atoms with Crippen molar-refractivity contribution in [2.75, 3.05) is 30.4 Å². The van der Waals surface area contributed by atoms with Gasteiger partial charge in [-0.25, -0.2) is 14.8 Å². The summed E-state index contributed by atoms with van der Waals surface area (Å²) in [4.78, 5) is 35.6. The fourth-order valence-electron chi connectivity index (χ4n) is 6.35. The van der Waals surface area contributed by atoms with Gasteiger partial charge in [0.2, 0.25) is 11.7 Å². The molecule has 1 aliphatic heterocycles. The van der Waals surface area contributed by atoms with Crippen LogP contribution in [0, 0.1) is 11.7 Å². The number of carboxylic acids is 1. The fraction of sp³-hybridized carbons (Fsp3) is 0.314. The van der Waals surface area contributed by atoms with E-state index in [4.69, 9.17) is 4.74 Å². The number of anilines is 2. The number of carbonyl (C=O) groups is 2. The third kappa shape index (κ3) is 6.74. The molecule has 232 valence electrons. The summed E-state index contributed by atoms with van der Waals surface area (Å²) < 4.78 is 21.1. The molecule has 10 heteroatoms. The highest BCUT2D eigenvalue weighted by molar-refractivity contribution is 5.85. The van der Waals surface area contributed by atoms with E-state index >= 15 is 4.39 Å². The van der Waals surface area contributed by atoms with Crippen molar-refractivity contribution in [2.24, 2.45) is 5.92 Å². The van der Waals surface area contributed by atoms with Crippen molar-refractivity contribution in [3.05, 3.63) is 102 Å². The first kappa shape index (κ1) is 30.1. The van der Waals surface area contributed by atoms with E-state index in [0.29, 0.717) is 19.4 Å². The highest BCUT2D eigenvalue weighted by Gasteiger charge is 2.32. The molecule has 0 spiro atoms. The zero-order valence-electron chi connectivity index (χ0n) is 25.1. The Morgan fingerprint density at radius 2 is 1.73 bits per heavy atom. The molecular weight excluding hydrogens is 573 g/mol. The number of carbonyl (C=O) groups excluding carboxylic acids is 1. The van der Waals surface area contributed by atoms with Crippen molar-refractivity contribution in [3.8, 4) is 16.9 Å². The Hall–Kier alpha value is -4.99. The Balaban J connectivity index is 1.09. The molecule has 2 aliphatic rings. The number of methoxy groups -OCH3 is 1. The number of nitrogens with one attached hydrogen (secondary N) is 2. The van der Waals surface area contributed by atoms with E-state index in [0.717, 1.165) is 35.3 Å². The summed E-state index contributed by atoms with van der Waals surface area (Å²) in [5.41, 5.74) is 5.15. The Bertz CT molecular complexity index is 1660. The molecule has 1 aromatic heterocycles. The third-order valence-electron chi connectivity index (χ3n) is 8.68. The number of hydrogen-bond acceptors (Lipinski definition) is 7. The SMILES string of the molecule is COc1ccccc1-c1ccc(C[C@H](NC(=O)C2CCCN(c3ncnc(NC4Cc5ccccc5C4)c3F)C2)C(=O)O)cc1. The molecule has 0 bridgehead atoms. The lowest BCUT2D eigenvalue weighted by Crippen LogP contribution is -2.49. The second kappa shape index (κ2) is 13.3. The topological polar surface area (TPSA) is 117 Å². The number of fused-ring (bicyclic) bond motifs is 1. The molecule has 2 heterocycles. The molecule has 45 heavy (non-hydrogen) atoms. The average Bonchev–Trinajstić information content (AvgIpc) is 3.48. The highest BCUT2D eigenvalue weighted by atomic mass is 19.1. The van der Waals surface area contributed by atoms with E-state index in [1.165, 1.54) is 17.5 Å². The molecule has 6 rings (SSSR count). The maximum atomic E-state index is 15.7. The minimum atomic E-state index is -1.11. The number of hydrogen-bond donors (Lipinski definition) is 3. The lowest BCUT2D eigenvalue weighted by Gasteiger charge is -2.33. The predicted octanol–water partition coefficient (Wildman–Crippen LogP) is 4.90. The quantitative estimate of drug-likeness (QED) is 0.233. The minimum Gasteiger partial charge on any atom is -0.496 e. The number of ether oxygens (including phenoxy) is 1. The second-order valence-electron chi connectivity index (χ2n) is 11.7. The molecule has 9 nitrogen and oxygen atoms in total. The summed E-state index contributed by atoms with van der Waals surface area (Å²) in [6, 6.07) is 22.3. The zero-order chi connectivity index (χ0) is 31.3. The predicted molar refractivity (Wildman–Crippen MR) is 170 cm³/mol. The van der Waals surface area contributed by atoms with Crippen LogP contribution in [0.15, 0.2) is 79.1 Å². The van der Waals surface area contributed by atoms with Crippen molar-refractivity contribution in [1.29, 1.82) is 0 Å². The van der Waals surface area contributed by atoms with Gasteiger partial charge in [-0.05, 0) is 54.0 Å². The van der Waals surface area contributed by atoms with Crippen molar-refractivity contribution < 1.29 is 23.8 Å². The summed E-state index contributed by atoms with van der Waals surface area (Å²) in [5.74, 6) is -1.50. The molecule has 1 saturated heterocycles. The lowest BCUT2D eigenvalue weighted by atomic mass is 9.95. The number of halogens is 1. The van der Waals surface area contributed by atoms with Gasteiger partial charge >= 0.3 is 5.97 Å². The summed E-state index contributed by atoms with van der Waals surface area (Å²) in [6.07, 6.45) is 4.26. The van der Waals surface area contributed by atoms with Crippen LogP contribution in [0.5, 0.6) is 5.75 Å². The van der Waals surface area contributed by atoms with Crippen LogP contribution in [-0.2, 0) is 28.9 Å². The third-order valence-corrected chi connectivity index (χ3v) is 8.68. The zero-order valence-corrected chi connectivity index (χ0v) is 25.1. The molecule has 0 saturated carbocycles. The number of benzene rings is 3. The van der Waals surface area contributed by atoms with Crippen molar-refractivity contribution in [3.63, 3.8) is 0 Å². The van der Waals surface area contributed by atoms with Gasteiger partial charge in [0.25, 0.3) is 0 Å². The monoisotopic (exact) mass is 609 g/mol. The van der Waals surface area contributed by atoms with E-state index < -0.39 is 23.7 Å². The molecule has 3 aromatic carbocycles.